The Balaban J connectivity index is 1.96. The second-order valence-corrected chi connectivity index (χ2v) is 6.49. The Morgan fingerprint density at radius 2 is 1.89 bits per heavy atom. The maximum absolute atomic E-state index is 11.1. The van der Waals surface area contributed by atoms with Gasteiger partial charge >= 0.3 is 0 Å². The summed E-state index contributed by atoms with van der Waals surface area (Å²) in [6.07, 6.45) is 2.43. The fourth-order valence-electron chi connectivity index (χ4n) is 3.15. The maximum atomic E-state index is 11.1. The summed E-state index contributed by atoms with van der Waals surface area (Å²) in [6, 6.07) is 15.9. The van der Waals surface area contributed by atoms with Gasteiger partial charge < -0.3 is 0 Å². The zero-order valence-corrected chi connectivity index (χ0v) is 15.2. The lowest BCUT2D eigenvalue weighted by Gasteiger charge is -2.05. The minimum Gasteiger partial charge on any atom is -0.258 e. The number of fused-ring (bicyclic) bond motifs is 1. The molecule has 0 aliphatic heterocycles. The molecule has 2 heterocycles. The van der Waals surface area contributed by atoms with Crippen LogP contribution in [-0.4, -0.2) is 19.5 Å². The van der Waals surface area contributed by atoms with Crippen LogP contribution in [0.3, 0.4) is 0 Å². The van der Waals surface area contributed by atoms with Gasteiger partial charge in [0, 0.05) is 34.5 Å². The van der Waals surface area contributed by atoms with Gasteiger partial charge in [-0.1, -0.05) is 42.8 Å². The number of nitrogens with zero attached hydrogens (tertiary/aromatic N) is 4. The van der Waals surface area contributed by atoms with Crippen LogP contribution in [0.15, 0.2) is 60.8 Å². The first-order valence-electron chi connectivity index (χ1n) is 8.46. The van der Waals surface area contributed by atoms with E-state index in [-0.39, 0.29) is 5.69 Å². The van der Waals surface area contributed by atoms with Crippen LogP contribution in [0.1, 0.15) is 12.6 Å². The Morgan fingerprint density at radius 1 is 1.11 bits per heavy atom. The van der Waals surface area contributed by atoms with Gasteiger partial charge in [0.1, 0.15) is 0 Å². The molecule has 0 radical (unpaired) electrons. The molecule has 0 atom stereocenters. The van der Waals surface area contributed by atoms with Crippen LogP contribution in [0.25, 0.3) is 28.0 Å². The normalized spacial score (nSPS) is 11.0. The molecule has 0 N–H and O–H groups in total. The summed E-state index contributed by atoms with van der Waals surface area (Å²) in [5.74, 6) is 0. The summed E-state index contributed by atoms with van der Waals surface area (Å²) in [5, 5.41) is 16.5. The number of hydrogen-bond acceptors (Lipinski definition) is 4. The maximum Gasteiger partial charge on any atom is 0.270 e. The monoisotopic (exact) mass is 378 g/mol. The summed E-state index contributed by atoms with van der Waals surface area (Å²) in [6.45, 7) is 2.04. The minimum atomic E-state index is -0.401. The molecule has 0 aliphatic rings. The highest BCUT2D eigenvalue weighted by atomic mass is 35.5. The van der Waals surface area contributed by atoms with Crippen LogP contribution >= 0.6 is 11.6 Å². The fourth-order valence-corrected chi connectivity index (χ4v) is 3.27. The Morgan fingerprint density at radius 3 is 2.59 bits per heavy atom. The quantitative estimate of drug-likeness (QED) is 0.362. The van der Waals surface area contributed by atoms with Crippen molar-refractivity contribution in [1.29, 1.82) is 0 Å². The van der Waals surface area contributed by atoms with Crippen LogP contribution < -0.4 is 0 Å². The molecule has 0 saturated carbocycles. The Bertz CT molecular complexity index is 1150. The lowest BCUT2D eigenvalue weighted by molar-refractivity contribution is -0.384. The number of aryl methyl sites for hydroxylation is 1. The van der Waals surface area contributed by atoms with E-state index in [9.17, 15) is 10.1 Å². The van der Waals surface area contributed by atoms with E-state index in [0.717, 1.165) is 28.9 Å². The fraction of sp³-hybridized carbons (Fsp3) is 0.100. The molecule has 27 heavy (non-hydrogen) atoms. The van der Waals surface area contributed by atoms with Crippen LogP contribution in [0.2, 0.25) is 5.02 Å². The van der Waals surface area contributed by atoms with Crippen molar-refractivity contribution in [2.75, 3.05) is 0 Å². The molecule has 4 aromatic rings. The molecule has 0 saturated heterocycles. The van der Waals surface area contributed by atoms with Crippen molar-refractivity contribution in [3.63, 3.8) is 0 Å². The van der Waals surface area contributed by atoms with Crippen molar-refractivity contribution in [2.24, 2.45) is 0 Å². The Hall–Kier alpha value is -3.25. The van der Waals surface area contributed by atoms with Gasteiger partial charge in [-0.2, -0.15) is 5.10 Å². The van der Waals surface area contributed by atoms with E-state index in [0.29, 0.717) is 16.2 Å². The van der Waals surface area contributed by atoms with E-state index in [1.165, 1.54) is 6.07 Å². The van der Waals surface area contributed by atoms with Gasteiger partial charge in [-0.15, -0.1) is 0 Å². The van der Waals surface area contributed by atoms with Gasteiger partial charge in [-0.05, 0) is 30.2 Å². The largest absolute Gasteiger partial charge is 0.270 e. The zero-order valence-electron chi connectivity index (χ0n) is 14.5. The molecule has 0 amide bonds. The number of rotatable bonds is 4. The summed E-state index contributed by atoms with van der Waals surface area (Å²) in [5.41, 5.74) is 5.04. The van der Waals surface area contributed by atoms with Crippen molar-refractivity contribution in [2.45, 2.75) is 13.3 Å². The molecular weight excluding hydrogens is 364 g/mol. The van der Waals surface area contributed by atoms with Crippen LogP contribution in [0.5, 0.6) is 0 Å². The highest BCUT2D eigenvalue weighted by Gasteiger charge is 2.18. The molecule has 0 spiro atoms. The molecule has 2 aromatic carbocycles. The Labute approximate surface area is 160 Å². The minimum absolute atomic E-state index is 0.0401. The molecule has 0 aliphatic carbocycles. The van der Waals surface area contributed by atoms with Gasteiger partial charge in [0.25, 0.3) is 5.69 Å². The topological polar surface area (TPSA) is 73.3 Å². The van der Waals surface area contributed by atoms with E-state index in [4.69, 9.17) is 16.7 Å². The number of aromatic nitrogens is 3. The van der Waals surface area contributed by atoms with Crippen molar-refractivity contribution in [1.82, 2.24) is 14.6 Å². The van der Waals surface area contributed by atoms with E-state index < -0.39 is 4.92 Å². The van der Waals surface area contributed by atoms with Crippen molar-refractivity contribution in [3.05, 3.63) is 81.6 Å². The second kappa shape index (κ2) is 6.81. The average molecular weight is 379 g/mol. The molecule has 0 fully saturated rings. The predicted octanol–water partition coefficient (Wildman–Crippen LogP) is 5.19. The summed E-state index contributed by atoms with van der Waals surface area (Å²) in [7, 11) is 0. The van der Waals surface area contributed by atoms with E-state index in [1.54, 1.807) is 22.8 Å². The third-order valence-electron chi connectivity index (χ3n) is 4.41. The number of benzene rings is 2. The lowest BCUT2D eigenvalue weighted by atomic mass is 10.0. The first kappa shape index (κ1) is 17.2. The summed E-state index contributed by atoms with van der Waals surface area (Å²) in [4.78, 5) is 15.2. The second-order valence-electron chi connectivity index (χ2n) is 6.06. The van der Waals surface area contributed by atoms with Gasteiger partial charge in [-0.25, -0.2) is 9.50 Å². The van der Waals surface area contributed by atoms with Crippen molar-refractivity contribution >= 4 is 22.9 Å². The van der Waals surface area contributed by atoms with Gasteiger partial charge in [0.05, 0.1) is 16.3 Å². The molecule has 134 valence electrons. The molecule has 4 rings (SSSR count). The van der Waals surface area contributed by atoms with E-state index >= 15 is 0 Å². The molecule has 0 unspecified atom stereocenters. The molecule has 0 bridgehead atoms. The summed E-state index contributed by atoms with van der Waals surface area (Å²) < 4.78 is 1.75. The number of nitro groups is 1. The number of halogens is 1. The number of hydrogen-bond donors (Lipinski definition) is 0. The summed E-state index contributed by atoms with van der Waals surface area (Å²) >= 11 is 6.02. The van der Waals surface area contributed by atoms with Crippen molar-refractivity contribution in [3.8, 4) is 22.4 Å². The zero-order chi connectivity index (χ0) is 19.0. The smallest absolute Gasteiger partial charge is 0.258 e. The first-order valence-corrected chi connectivity index (χ1v) is 8.83. The van der Waals surface area contributed by atoms with E-state index in [1.807, 2.05) is 43.3 Å². The first-order chi connectivity index (χ1) is 13.1. The van der Waals surface area contributed by atoms with Crippen LogP contribution in [-0.2, 0) is 6.42 Å². The van der Waals surface area contributed by atoms with Gasteiger partial charge in [0.15, 0.2) is 5.65 Å². The molecular formula is C20H15ClN4O2. The van der Waals surface area contributed by atoms with Crippen LogP contribution in [0, 0.1) is 10.1 Å². The van der Waals surface area contributed by atoms with Gasteiger partial charge in [0.2, 0.25) is 0 Å². The predicted molar refractivity (Wildman–Crippen MR) is 105 cm³/mol. The highest BCUT2D eigenvalue weighted by molar-refractivity contribution is 6.30. The van der Waals surface area contributed by atoms with E-state index in [2.05, 4.69) is 4.98 Å². The molecule has 6 nitrogen and oxygen atoms in total. The number of non-ortho nitro benzene ring substituents is 1. The Kier molecular flexibility index (Phi) is 4.33. The third-order valence-corrected chi connectivity index (χ3v) is 4.66. The lowest BCUT2D eigenvalue weighted by Crippen LogP contribution is -1.97. The van der Waals surface area contributed by atoms with Crippen LogP contribution in [0.4, 0.5) is 5.69 Å². The molecule has 2 aromatic heterocycles. The SMILES string of the molecule is CCc1nn2c(-c3cccc([N+](=O)[O-])c3)ccnc2c1-c1ccc(Cl)cc1. The standard InChI is InChI=1S/C20H15ClN4O2/c1-2-17-19(13-6-8-15(21)9-7-13)20-22-11-10-18(24(20)23-17)14-4-3-5-16(12-14)25(26)27/h3-12H,2H2,1H3. The average Bonchev–Trinajstić information content (AvgIpc) is 3.07. The molecule has 7 heteroatoms. The van der Waals surface area contributed by atoms with Gasteiger partial charge in [-0.3, -0.25) is 10.1 Å². The highest BCUT2D eigenvalue weighted by Crippen LogP contribution is 2.32. The third kappa shape index (κ3) is 3.04. The number of nitro benzene ring substituents is 1. The van der Waals surface area contributed by atoms with Crippen molar-refractivity contribution < 1.29 is 4.92 Å².